The summed E-state index contributed by atoms with van der Waals surface area (Å²) >= 11 is 0. The number of aliphatic hydroxyl groups excluding tert-OH is 1. The minimum Gasteiger partial charge on any atom is -0.396 e. The first-order chi connectivity index (χ1) is 7.13. The van der Waals surface area contributed by atoms with Gasteiger partial charge in [-0.3, -0.25) is 0 Å². The lowest BCUT2D eigenvalue weighted by Gasteiger charge is -2.15. The smallest absolute Gasteiger partial charge is 0.0443 e. The summed E-state index contributed by atoms with van der Waals surface area (Å²) in [7, 11) is 0. The second-order valence-corrected chi connectivity index (χ2v) is 4.17. The highest BCUT2D eigenvalue weighted by atomic mass is 16.3. The van der Waals surface area contributed by atoms with Crippen LogP contribution in [0.4, 0.5) is 0 Å². The highest BCUT2D eigenvalue weighted by Gasteiger charge is 2.04. The van der Waals surface area contributed by atoms with Gasteiger partial charge in [-0.05, 0) is 39.3 Å². The molecule has 2 N–H and O–H groups in total. The summed E-state index contributed by atoms with van der Waals surface area (Å²) in [5.74, 6) is 0. The van der Waals surface area contributed by atoms with Gasteiger partial charge in [0, 0.05) is 12.6 Å². The lowest BCUT2D eigenvalue weighted by atomic mass is 10.0. The molecule has 2 heteroatoms. The molecule has 1 aromatic carbocycles. The Labute approximate surface area is 92.3 Å². The number of aliphatic hydroxyl groups is 1. The van der Waals surface area contributed by atoms with Gasteiger partial charge in [0.2, 0.25) is 0 Å². The van der Waals surface area contributed by atoms with E-state index in [1.54, 1.807) is 0 Å². The van der Waals surface area contributed by atoms with E-state index in [2.05, 4.69) is 44.3 Å². The molecule has 0 amide bonds. The van der Waals surface area contributed by atoms with Crippen LogP contribution in [0.5, 0.6) is 0 Å². The molecular formula is C13H21NO. The molecule has 0 bridgehead atoms. The average Bonchev–Trinajstić information content (AvgIpc) is 2.16. The van der Waals surface area contributed by atoms with E-state index in [1.807, 2.05) is 0 Å². The fraction of sp³-hybridized carbons (Fsp3) is 0.538. The van der Waals surface area contributed by atoms with Crippen LogP contribution in [-0.2, 0) is 0 Å². The molecule has 0 aromatic heterocycles. The fourth-order valence-corrected chi connectivity index (χ4v) is 1.78. The number of benzene rings is 1. The van der Waals surface area contributed by atoms with Crippen molar-refractivity contribution in [1.82, 2.24) is 5.32 Å². The molecule has 0 aliphatic heterocycles. The third kappa shape index (κ3) is 4.02. The SMILES string of the molecule is Cc1cc(C)cc(C(C)NCCCO)c1. The monoisotopic (exact) mass is 207 g/mol. The summed E-state index contributed by atoms with van der Waals surface area (Å²) in [5.41, 5.74) is 3.94. The fourth-order valence-electron chi connectivity index (χ4n) is 1.78. The Kier molecular flexibility index (Phi) is 4.79. The maximum absolute atomic E-state index is 8.70. The van der Waals surface area contributed by atoms with E-state index < -0.39 is 0 Å². The van der Waals surface area contributed by atoms with Crippen molar-refractivity contribution in [2.45, 2.75) is 33.2 Å². The van der Waals surface area contributed by atoms with Crippen molar-refractivity contribution < 1.29 is 5.11 Å². The maximum atomic E-state index is 8.70. The summed E-state index contributed by atoms with van der Waals surface area (Å²) in [4.78, 5) is 0. The van der Waals surface area contributed by atoms with E-state index >= 15 is 0 Å². The van der Waals surface area contributed by atoms with Gasteiger partial charge in [-0.1, -0.05) is 29.3 Å². The molecule has 0 radical (unpaired) electrons. The summed E-state index contributed by atoms with van der Waals surface area (Å²) in [5, 5.41) is 12.1. The quantitative estimate of drug-likeness (QED) is 0.726. The second-order valence-electron chi connectivity index (χ2n) is 4.17. The standard InChI is InChI=1S/C13H21NO/c1-10-7-11(2)9-13(8-10)12(3)14-5-4-6-15/h7-9,12,14-15H,4-6H2,1-3H3. The van der Waals surface area contributed by atoms with Crippen LogP contribution in [-0.4, -0.2) is 18.3 Å². The average molecular weight is 207 g/mol. The molecular weight excluding hydrogens is 186 g/mol. The predicted molar refractivity (Wildman–Crippen MR) is 64.0 cm³/mol. The molecule has 15 heavy (non-hydrogen) atoms. The minimum absolute atomic E-state index is 0.257. The third-order valence-electron chi connectivity index (χ3n) is 2.53. The van der Waals surface area contributed by atoms with Gasteiger partial charge in [0.25, 0.3) is 0 Å². The molecule has 0 heterocycles. The first kappa shape index (κ1) is 12.2. The second kappa shape index (κ2) is 5.89. The molecule has 2 nitrogen and oxygen atoms in total. The molecule has 84 valence electrons. The van der Waals surface area contributed by atoms with Crippen molar-refractivity contribution in [3.05, 3.63) is 34.9 Å². The lowest BCUT2D eigenvalue weighted by Crippen LogP contribution is -2.20. The van der Waals surface area contributed by atoms with Gasteiger partial charge in [-0.25, -0.2) is 0 Å². The number of hydrogen-bond donors (Lipinski definition) is 2. The van der Waals surface area contributed by atoms with Crippen LogP contribution in [0.1, 0.15) is 36.1 Å². The minimum atomic E-state index is 0.257. The van der Waals surface area contributed by atoms with Crippen LogP contribution in [0.25, 0.3) is 0 Å². The van der Waals surface area contributed by atoms with Gasteiger partial charge in [0.05, 0.1) is 0 Å². The highest BCUT2D eigenvalue weighted by Crippen LogP contribution is 2.16. The topological polar surface area (TPSA) is 32.3 Å². The number of nitrogens with one attached hydrogen (secondary N) is 1. The van der Waals surface area contributed by atoms with E-state index in [9.17, 15) is 0 Å². The van der Waals surface area contributed by atoms with Crippen molar-refractivity contribution in [1.29, 1.82) is 0 Å². The van der Waals surface area contributed by atoms with Crippen LogP contribution in [0.2, 0.25) is 0 Å². The lowest BCUT2D eigenvalue weighted by molar-refractivity contribution is 0.284. The van der Waals surface area contributed by atoms with Gasteiger partial charge < -0.3 is 10.4 Å². The zero-order valence-electron chi connectivity index (χ0n) is 9.88. The molecule has 0 aliphatic rings. The molecule has 1 atom stereocenters. The Morgan fingerprint density at radius 3 is 2.33 bits per heavy atom. The normalized spacial score (nSPS) is 12.8. The zero-order chi connectivity index (χ0) is 11.3. The Morgan fingerprint density at radius 1 is 1.20 bits per heavy atom. The molecule has 0 saturated carbocycles. The number of aryl methyl sites for hydroxylation is 2. The molecule has 1 rings (SSSR count). The number of rotatable bonds is 5. The van der Waals surface area contributed by atoms with Crippen molar-refractivity contribution in [2.24, 2.45) is 0 Å². The molecule has 0 saturated heterocycles. The first-order valence-corrected chi connectivity index (χ1v) is 5.56. The van der Waals surface area contributed by atoms with Gasteiger partial charge in [0.15, 0.2) is 0 Å². The van der Waals surface area contributed by atoms with Crippen LogP contribution < -0.4 is 5.32 Å². The van der Waals surface area contributed by atoms with Crippen molar-refractivity contribution in [2.75, 3.05) is 13.2 Å². The molecule has 1 unspecified atom stereocenters. The molecule has 1 aromatic rings. The largest absolute Gasteiger partial charge is 0.396 e. The predicted octanol–water partition coefficient (Wildman–Crippen LogP) is 2.34. The Morgan fingerprint density at radius 2 is 1.80 bits per heavy atom. The summed E-state index contributed by atoms with van der Waals surface area (Å²) < 4.78 is 0. The van der Waals surface area contributed by atoms with Crippen molar-refractivity contribution in [3.63, 3.8) is 0 Å². The van der Waals surface area contributed by atoms with E-state index in [-0.39, 0.29) is 6.61 Å². The van der Waals surface area contributed by atoms with E-state index in [0.717, 1.165) is 13.0 Å². The summed E-state index contributed by atoms with van der Waals surface area (Å²) in [6, 6.07) is 6.96. The first-order valence-electron chi connectivity index (χ1n) is 5.56. The van der Waals surface area contributed by atoms with Crippen molar-refractivity contribution >= 4 is 0 Å². The van der Waals surface area contributed by atoms with Crippen LogP contribution in [0.3, 0.4) is 0 Å². The summed E-state index contributed by atoms with van der Waals surface area (Å²) in [6.45, 7) is 7.52. The van der Waals surface area contributed by atoms with E-state index in [1.165, 1.54) is 16.7 Å². The van der Waals surface area contributed by atoms with Crippen molar-refractivity contribution in [3.8, 4) is 0 Å². The maximum Gasteiger partial charge on any atom is 0.0443 e. The van der Waals surface area contributed by atoms with Crippen LogP contribution >= 0.6 is 0 Å². The Bertz CT molecular complexity index is 289. The third-order valence-corrected chi connectivity index (χ3v) is 2.53. The summed E-state index contributed by atoms with van der Waals surface area (Å²) in [6.07, 6.45) is 0.815. The Balaban J connectivity index is 2.60. The van der Waals surface area contributed by atoms with Gasteiger partial charge in [0.1, 0.15) is 0 Å². The molecule has 0 fully saturated rings. The van der Waals surface area contributed by atoms with Gasteiger partial charge >= 0.3 is 0 Å². The van der Waals surface area contributed by atoms with Crippen LogP contribution in [0, 0.1) is 13.8 Å². The van der Waals surface area contributed by atoms with Crippen LogP contribution in [0.15, 0.2) is 18.2 Å². The number of hydrogen-bond acceptors (Lipinski definition) is 2. The van der Waals surface area contributed by atoms with Gasteiger partial charge in [-0.2, -0.15) is 0 Å². The van der Waals surface area contributed by atoms with E-state index in [0.29, 0.717) is 6.04 Å². The van der Waals surface area contributed by atoms with E-state index in [4.69, 9.17) is 5.11 Å². The molecule has 0 spiro atoms. The Hall–Kier alpha value is -0.860. The zero-order valence-corrected chi connectivity index (χ0v) is 9.88. The highest BCUT2D eigenvalue weighted by molar-refractivity contribution is 5.30. The molecule has 0 aliphatic carbocycles. The van der Waals surface area contributed by atoms with Gasteiger partial charge in [-0.15, -0.1) is 0 Å².